The van der Waals surface area contributed by atoms with E-state index in [0.29, 0.717) is 41.9 Å². The van der Waals surface area contributed by atoms with E-state index in [4.69, 9.17) is 14.2 Å². The number of aromatic nitrogens is 2. The molecule has 1 heterocycles. The summed E-state index contributed by atoms with van der Waals surface area (Å²) in [5.41, 5.74) is 4.38. The number of nitrogens with one attached hydrogen (secondary N) is 1. The van der Waals surface area contributed by atoms with Crippen LogP contribution in [0.25, 0.3) is 17.2 Å². The minimum absolute atomic E-state index is 0.277. The topological polar surface area (TPSA) is 91.7 Å². The first-order valence-corrected chi connectivity index (χ1v) is 16.9. The lowest BCUT2D eigenvalue weighted by molar-refractivity contribution is -0.111. The summed E-state index contributed by atoms with van der Waals surface area (Å²) in [5.74, 6) is 1.60. The molecule has 1 amide bonds. The Balaban J connectivity index is 1.36. The van der Waals surface area contributed by atoms with E-state index in [1.54, 1.807) is 42.9 Å². The molecule has 4 aromatic rings. The van der Waals surface area contributed by atoms with Crippen molar-refractivity contribution in [1.29, 1.82) is 0 Å². The molecule has 0 spiro atoms. The van der Waals surface area contributed by atoms with Crippen molar-refractivity contribution in [3.05, 3.63) is 96.6 Å². The Labute approximate surface area is 268 Å². The number of amides is 1. The van der Waals surface area contributed by atoms with Gasteiger partial charge >= 0.3 is 0 Å². The van der Waals surface area contributed by atoms with Crippen LogP contribution in [-0.2, 0) is 32.6 Å². The minimum atomic E-state index is -1.22. The van der Waals surface area contributed by atoms with Crippen LogP contribution in [-0.4, -0.2) is 46.1 Å². The minimum Gasteiger partial charge on any atom is -0.493 e. The fourth-order valence-corrected chi connectivity index (χ4v) is 5.74. The van der Waals surface area contributed by atoms with Crippen LogP contribution in [0.5, 0.6) is 11.5 Å². The Morgan fingerprint density at radius 2 is 1.69 bits per heavy atom. The number of nitrogens with zero attached hydrogens (tertiary/aromatic N) is 2. The van der Waals surface area contributed by atoms with Crippen molar-refractivity contribution in [2.24, 2.45) is 0 Å². The van der Waals surface area contributed by atoms with E-state index >= 15 is 0 Å². The summed E-state index contributed by atoms with van der Waals surface area (Å²) in [4.78, 5) is 17.7. The van der Waals surface area contributed by atoms with Gasteiger partial charge in [0.25, 0.3) is 0 Å². The lowest BCUT2D eigenvalue weighted by Gasteiger charge is -2.11. The van der Waals surface area contributed by atoms with Gasteiger partial charge in [0.15, 0.2) is 0 Å². The number of ether oxygens (including phenoxy) is 3. The van der Waals surface area contributed by atoms with Crippen molar-refractivity contribution >= 4 is 28.5 Å². The third-order valence-electron chi connectivity index (χ3n) is 6.98. The van der Waals surface area contributed by atoms with Crippen molar-refractivity contribution in [3.63, 3.8) is 0 Å². The van der Waals surface area contributed by atoms with Crippen LogP contribution in [0, 0.1) is 0 Å². The number of hydrogen-bond acceptors (Lipinski definition) is 6. The predicted octanol–water partition coefficient (Wildman–Crippen LogP) is 7.51. The van der Waals surface area contributed by atoms with Crippen LogP contribution in [0.2, 0.25) is 0 Å². The average Bonchev–Trinajstić information content (AvgIpc) is 3.49. The molecule has 3 aromatic carbocycles. The largest absolute Gasteiger partial charge is 0.493 e. The van der Waals surface area contributed by atoms with Gasteiger partial charge in [-0.05, 0) is 85.5 Å². The summed E-state index contributed by atoms with van der Waals surface area (Å²) in [6.07, 6.45) is 9.94. The standard InChI is InChI=1S/C36H43N3O5S/c1-4-7-21-42-22-23-44-33-14-8-28(9-15-33)29-10-18-35(43-6-3)30(24-29)11-19-36(40)38-31-12-16-34(17-13-31)45(41)26-32-25-37-27-39(32)20-5-2/h8-19,24-25,27H,4-7,20-23,26H2,1-3H3,(H,38,40)/b19-11+. The van der Waals surface area contributed by atoms with Crippen molar-refractivity contribution in [2.45, 2.75) is 57.2 Å². The molecule has 1 atom stereocenters. The van der Waals surface area contributed by atoms with Gasteiger partial charge in [-0.1, -0.05) is 38.5 Å². The quantitative estimate of drug-likeness (QED) is 0.0905. The van der Waals surface area contributed by atoms with Gasteiger partial charge in [0.05, 0.1) is 41.8 Å². The molecule has 0 radical (unpaired) electrons. The number of benzene rings is 3. The van der Waals surface area contributed by atoms with Gasteiger partial charge in [0, 0.05) is 41.6 Å². The molecule has 9 heteroatoms. The van der Waals surface area contributed by atoms with Gasteiger partial charge in [-0.2, -0.15) is 0 Å². The van der Waals surface area contributed by atoms with Crippen molar-refractivity contribution in [2.75, 3.05) is 31.7 Å². The van der Waals surface area contributed by atoms with E-state index < -0.39 is 10.8 Å². The lowest BCUT2D eigenvalue weighted by atomic mass is 10.0. The number of aryl methyl sites for hydroxylation is 1. The SMILES string of the molecule is CCCCOCCOc1ccc(-c2ccc(OCC)c(/C=C/C(=O)Nc3ccc(S(=O)Cc4cncn4CCC)cc3)c2)cc1. The molecule has 0 aliphatic rings. The number of unbranched alkanes of at least 4 members (excludes halogenated alkanes) is 1. The number of rotatable bonds is 18. The second-order valence-electron chi connectivity index (χ2n) is 10.4. The molecule has 45 heavy (non-hydrogen) atoms. The third kappa shape index (κ3) is 10.4. The van der Waals surface area contributed by atoms with Crippen molar-refractivity contribution in [3.8, 4) is 22.6 Å². The number of imidazole rings is 1. The Bertz CT molecular complexity index is 1550. The van der Waals surface area contributed by atoms with Crippen LogP contribution >= 0.6 is 0 Å². The Hall–Kier alpha value is -4.21. The van der Waals surface area contributed by atoms with Crippen LogP contribution in [0.1, 0.15) is 51.3 Å². The number of carbonyl (C=O) groups is 1. The van der Waals surface area contributed by atoms with Crippen LogP contribution in [0.15, 0.2) is 90.2 Å². The zero-order valence-electron chi connectivity index (χ0n) is 26.4. The summed E-state index contributed by atoms with van der Waals surface area (Å²) in [6.45, 7) is 9.37. The van der Waals surface area contributed by atoms with Gasteiger partial charge in [-0.3, -0.25) is 9.00 Å². The highest BCUT2D eigenvalue weighted by Crippen LogP contribution is 2.29. The van der Waals surface area contributed by atoms with Crippen molar-refractivity contribution in [1.82, 2.24) is 9.55 Å². The first-order valence-electron chi connectivity index (χ1n) is 15.5. The molecule has 4 rings (SSSR count). The zero-order chi connectivity index (χ0) is 31.9. The van der Waals surface area contributed by atoms with Gasteiger partial charge in [-0.25, -0.2) is 4.98 Å². The summed E-state index contributed by atoms with van der Waals surface area (Å²) in [7, 11) is -1.22. The van der Waals surface area contributed by atoms with Crippen molar-refractivity contribution < 1.29 is 23.2 Å². The van der Waals surface area contributed by atoms with E-state index in [2.05, 4.69) is 24.1 Å². The van der Waals surface area contributed by atoms with Gasteiger partial charge in [-0.15, -0.1) is 0 Å². The maximum Gasteiger partial charge on any atom is 0.248 e. The summed E-state index contributed by atoms with van der Waals surface area (Å²) >= 11 is 0. The average molecular weight is 630 g/mol. The highest BCUT2D eigenvalue weighted by Gasteiger charge is 2.10. The molecule has 0 aliphatic heterocycles. The number of hydrogen-bond donors (Lipinski definition) is 1. The van der Waals surface area contributed by atoms with Crippen LogP contribution in [0.4, 0.5) is 5.69 Å². The molecule has 8 nitrogen and oxygen atoms in total. The van der Waals surface area contributed by atoms with E-state index in [1.807, 2.05) is 54.0 Å². The highest BCUT2D eigenvalue weighted by molar-refractivity contribution is 7.84. The Morgan fingerprint density at radius 1 is 0.911 bits per heavy atom. The number of carbonyl (C=O) groups excluding carboxylic acids is 1. The zero-order valence-corrected chi connectivity index (χ0v) is 27.2. The first-order chi connectivity index (χ1) is 22.0. The maximum atomic E-state index is 12.9. The molecule has 1 aromatic heterocycles. The normalized spacial score (nSPS) is 11.9. The fourth-order valence-electron chi connectivity index (χ4n) is 4.62. The molecule has 0 saturated carbocycles. The molecule has 238 valence electrons. The van der Waals surface area contributed by atoms with E-state index in [-0.39, 0.29) is 5.91 Å². The fraction of sp³-hybridized carbons (Fsp3) is 0.333. The van der Waals surface area contributed by atoms with E-state index in [9.17, 15) is 9.00 Å². The highest BCUT2D eigenvalue weighted by atomic mass is 32.2. The summed E-state index contributed by atoms with van der Waals surface area (Å²) in [6, 6.07) is 20.9. The second-order valence-corrected chi connectivity index (χ2v) is 11.9. The Kier molecular flexibility index (Phi) is 13.4. The van der Waals surface area contributed by atoms with Gasteiger partial charge in [0.2, 0.25) is 5.91 Å². The molecule has 1 N–H and O–H groups in total. The number of anilines is 1. The molecular formula is C36H43N3O5S. The molecule has 1 unspecified atom stereocenters. The smallest absolute Gasteiger partial charge is 0.248 e. The third-order valence-corrected chi connectivity index (χ3v) is 8.33. The Morgan fingerprint density at radius 3 is 2.42 bits per heavy atom. The monoisotopic (exact) mass is 629 g/mol. The van der Waals surface area contributed by atoms with Crippen LogP contribution in [0.3, 0.4) is 0 Å². The predicted molar refractivity (Wildman–Crippen MR) is 181 cm³/mol. The van der Waals surface area contributed by atoms with Gasteiger partial charge in [0.1, 0.15) is 18.1 Å². The molecular weight excluding hydrogens is 586 g/mol. The molecule has 0 bridgehead atoms. The summed E-state index contributed by atoms with van der Waals surface area (Å²) < 4.78 is 32.1. The molecule has 0 saturated heterocycles. The lowest BCUT2D eigenvalue weighted by Crippen LogP contribution is -2.08. The summed E-state index contributed by atoms with van der Waals surface area (Å²) in [5, 5.41) is 2.88. The molecule has 0 fully saturated rings. The maximum absolute atomic E-state index is 12.9. The van der Waals surface area contributed by atoms with E-state index in [1.165, 1.54) is 6.08 Å². The first kappa shape index (κ1) is 33.7. The van der Waals surface area contributed by atoms with Crippen LogP contribution < -0.4 is 14.8 Å². The van der Waals surface area contributed by atoms with E-state index in [0.717, 1.165) is 60.5 Å². The molecule has 0 aliphatic carbocycles. The van der Waals surface area contributed by atoms with Gasteiger partial charge < -0.3 is 24.1 Å². The second kappa shape index (κ2) is 17.9.